The van der Waals surface area contributed by atoms with E-state index in [0.717, 1.165) is 12.8 Å². The molecule has 1 saturated carbocycles. The second kappa shape index (κ2) is 5.63. The van der Waals surface area contributed by atoms with Crippen molar-refractivity contribution in [3.63, 3.8) is 0 Å². The van der Waals surface area contributed by atoms with Gasteiger partial charge in [-0.25, -0.2) is 13.1 Å². The predicted octanol–water partition coefficient (Wildman–Crippen LogP) is 1.41. The molecule has 1 aliphatic rings. The van der Waals surface area contributed by atoms with E-state index in [1.165, 1.54) is 13.3 Å². The van der Waals surface area contributed by atoms with E-state index in [2.05, 4.69) is 18.6 Å². The van der Waals surface area contributed by atoms with Crippen molar-refractivity contribution in [3.8, 4) is 0 Å². The van der Waals surface area contributed by atoms with E-state index in [-0.39, 0.29) is 11.0 Å². The minimum Gasteiger partial charge on any atom is -0.392 e. The Kier molecular flexibility index (Phi) is 4.92. The highest BCUT2D eigenvalue weighted by atomic mass is 32.2. The molecule has 0 radical (unpaired) electrons. The number of hydrogen-bond donors (Lipinski definition) is 2. The number of sulfonamides is 1. The summed E-state index contributed by atoms with van der Waals surface area (Å²) in [6.45, 7) is 5.85. The second-order valence-electron chi connectivity index (χ2n) is 5.32. The zero-order valence-electron chi connectivity index (χ0n) is 10.6. The van der Waals surface area contributed by atoms with Gasteiger partial charge < -0.3 is 5.73 Å². The molecule has 4 nitrogen and oxygen atoms in total. The molecule has 0 aliphatic heterocycles. The molecule has 1 rings (SSSR count). The van der Waals surface area contributed by atoms with E-state index in [1.54, 1.807) is 0 Å². The van der Waals surface area contributed by atoms with E-state index in [4.69, 9.17) is 18.0 Å². The van der Waals surface area contributed by atoms with E-state index in [0.29, 0.717) is 11.8 Å². The summed E-state index contributed by atoms with van der Waals surface area (Å²) < 4.78 is 26.7. The molecular weight excluding hydrogens is 256 g/mol. The predicted molar refractivity (Wildman–Crippen MR) is 74.3 cm³/mol. The highest BCUT2D eigenvalue weighted by Crippen LogP contribution is 2.29. The third-order valence-electron chi connectivity index (χ3n) is 3.38. The van der Waals surface area contributed by atoms with Crippen LogP contribution in [0.15, 0.2) is 0 Å². The number of hydrogen-bond acceptors (Lipinski definition) is 3. The maximum Gasteiger partial charge on any atom is 0.220 e. The Hall–Kier alpha value is -0.200. The van der Waals surface area contributed by atoms with Gasteiger partial charge in [0.05, 0.1) is 4.99 Å². The summed E-state index contributed by atoms with van der Waals surface area (Å²) >= 11 is 4.74. The molecule has 0 aromatic heterocycles. The summed E-state index contributed by atoms with van der Waals surface area (Å²) in [5.74, 6) is 1.12. The van der Waals surface area contributed by atoms with Crippen molar-refractivity contribution in [2.45, 2.75) is 51.3 Å². The fourth-order valence-corrected chi connectivity index (χ4v) is 4.08. The normalized spacial score (nSPS) is 32.1. The first-order valence-electron chi connectivity index (χ1n) is 6.02. The highest BCUT2D eigenvalue weighted by molar-refractivity contribution is 7.93. The highest BCUT2D eigenvalue weighted by Gasteiger charge is 2.30. The molecule has 1 fully saturated rings. The third-order valence-corrected chi connectivity index (χ3v) is 5.73. The van der Waals surface area contributed by atoms with Crippen LogP contribution in [0.5, 0.6) is 0 Å². The fraction of sp³-hybridized carbons (Fsp3) is 0.909. The summed E-state index contributed by atoms with van der Waals surface area (Å²) in [5.41, 5.74) is 5.39. The molecule has 17 heavy (non-hydrogen) atoms. The Labute approximate surface area is 109 Å². The van der Waals surface area contributed by atoms with Crippen LogP contribution < -0.4 is 10.5 Å². The zero-order valence-corrected chi connectivity index (χ0v) is 12.3. The molecule has 0 amide bonds. The van der Waals surface area contributed by atoms with E-state index in [9.17, 15) is 8.42 Å². The molecule has 100 valence electrons. The lowest BCUT2D eigenvalue weighted by Gasteiger charge is -2.32. The first-order chi connectivity index (χ1) is 7.72. The van der Waals surface area contributed by atoms with Crippen LogP contribution in [-0.4, -0.2) is 24.7 Å². The lowest BCUT2D eigenvalue weighted by molar-refractivity contribution is 0.257. The van der Waals surface area contributed by atoms with Gasteiger partial charge in [0.1, 0.15) is 5.25 Å². The molecule has 0 spiro atoms. The maximum absolute atomic E-state index is 12.0. The minimum absolute atomic E-state index is 0.0226. The number of rotatable bonds is 4. The largest absolute Gasteiger partial charge is 0.392 e. The van der Waals surface area contributed by atoms with Crippen LogP contribution >= 0.6 is 12.2 Å². The van der Waals surface area contributed by atoms with Crippen molar-refractivity contribution in [2.24, 2.45) is 17.6 Å². The molecule has 1 aliphatic carbocycles. The average molecular weight is 278 g/mol. The standard InChI is InChI=1S/C11H22N2O2S2/c1-7-4-8(2)6-10(5-7)13-17(14,15)9(3)11(12)16/h7-10,13H,4-6H2,1-3H3,(H2,12,16). The number of thiocarbonyl (C=S) groups is 1. The summed E-state index contributed by atoms with van der Waals surface area (Å²) in [6, 6.07) is 0.0237. The van der Waals surface area contributed by atoms with Crippen molar-refractivity contribution >= 4 is 27.2 Å². The topological polar surface area (TPSA) is 72.2 Å². The Bertz CT molecular complexity index is 371. The van der Waals surface area contributed by atoms with E-state index < -0.39 is 15.3 Å². The first-order valence-corrected chi connectivity index (χ1v) is 7.98. The smallest absolute Gasteiger partial charge is 0.220 e. The molecule has 0 aromatic rings. The molecule has 3 N–H and O–H groups in total. The van der Waals surface area contributed by atoms with Gasteiger partial charge >= 0.3 is 0 Å². The van der Waals surface area contributed by atoms with Gasteiger partial charge in [0.2, 0.25) is 10.0 Å². The Morgan fingerprint density at radius 3 is 2.18 bits per heavy atom. The summed E-state index contributed by atoms with van der Waals surface area (Å²) in [6.07, 6.45) is 2.96. The van der Waals surface area contributed by atoms with Crippen LogP contribution in [0, 0.1) is 11.8 Å². The SMILES string of the molecule is CC1CC(C)CC(NS(=O)(=O)C(C)C(N)=S)C1. The van der Waals surface area contributed by atoms with Crippen molar-refractivity contribution in [2.75, 3.05) is 0 Å². The Balaban J connectivity index is 2.67. The van der Waals surface area contributed by atoms with Crippen molar-refractivity contribution < 1.29 is 8.42 Å². The van der Waals surface area contributed by atoms with Crippen LogP contribution in [-0.2, 0) is 10.0 Å². The van der Waals surface area contributed by atoms with Crippen molar-refractivity contribution in [3.05, 3.63) is 0 Å². The lowest BCUT2D eigenvalue weighted by atomic mass is 9.81. The van der Waals surface area contributed by atoms with E-state index in [1.807, 2.05) is 0 Å². The molecule has 0 bridgehead atoms. The lowest BCUT2D eigenvalue weighted by Crippen LogP contribution is -2.46. The van der Waals surface area contributed by atoms with Crippen LogP contribution in [0.3, 0.4) is 0 Å². The molecule has 6 heteroatoms. The summed E-state index contributed by atoms with van der Waals surface area (Å²) in [5, 5.41) is -0.801. The van der Waals surface area contributed by atoms with Gasteiger partial charge in [-0.1, -0.05) is 26.1 Å². The van der Waals surface area contributed by atoms with Gasteiger partial charge in [-0.2, -0.15) is 0 Å². The van der Waals surface area contributed by atoms with Gasteiger partial charge in [0.25, 0.3) is 0 Å². The molecule has 0 aromatic carbocycles. The minimum atomic E-state index is -3.42. The second-order valence-corrected chi connectivity index (χ2v) is 7.83. The number of nitrogens with two attached hydrogens (primary N) is 1. The van der Waals surface area contributed by atoms with Crippen molar-refractivity contribution in [1.82, 2.24) is 4.72 Å². The third kappa shape index (κ3) is 4.19. The van der Waals surface area contributed by atoms with Gasteiger partial charge in [0.15, 0.2) is 0 Å². The molecule has 0 heterocycles. The fourth-order valence-electron chi connectivity index (χ4n) is 2.53. The summed E-state index contributed by atoms with van der Waals surface area (Å²) in [7, 11) is -3.42. The molecule has 3 atom stereocenters. The van der Waals surface area contributed by atoms with Crippen molar-refractivity contribution in [1.29, 1.82) is 0 Å². The monoisotopic (exact) mass is 278 g/mol. The van der Waals surface area contributed by atoms with Gasteiger partial charge in [0, 0.05) is 6.04 Å². The Morgan fingerprint density at radius 1 is 1.29 bits per heavy atom. The maximum atomic E-state index is 12.0. The van der Waals surface area contributed by atoms with Gasteiger partial charge in [-0.15, -0.1) is 0 Å². The average Bonchev–Trinajstić information content (AvgIpc) is 2.13. The van der Waals surface area contributed by atoms with E-state index >= 15 is 0 Å². The zero-order chi connectivity index (χ0) is 13.2. The number of nitrogens with one attached hydrogen (secondary N) is 1. The molecule has 0 saturated heterocycles. The van der Waals surface area contributed by atoms with Crippen LogP contribution in [0.4, 0.5) is 0 Å². The van der Waals surface area contributed by atoms with Crippen LogP contribution in [0.25, 0.3) is 0 Å². The summed E-state index contributed by atoms with van der Waals surface area (Å²) in [4.78, 5) is 0.0226. The van der Waals surface area contributed by atoms with Crippen LogP contribution in [0.2, 0.25) is 0 Å². The Morgan fingerprint density at radius 2 is 1.76 bits per heavy atom. The van der Waals surface area contributed by atoms with Crippen LogP contribution in [0.1, 0.15) is 40.0 Å². The quantitative estimate of drug-likeness (QED) is 0.763. The van der Waals surface area contributed by atoms with Gasteiger partial charge in [-0.3, -0.25) is 0 Å². The molecular formula is C11H22N2O2S2. The first kappa shape index (κ1) is 14.9. The van der Waals surface area contributed by atoms with Gasteiger partial charge in [-0.05, 0) is 38.0 Å². The molecule has 3 unspecified atom stereocenters.